The molecule has 0 saturated heterocycles. The average Bonchev–Trinajstić information content (AvgIpc) is 2.44. The van der Waals surface area contributed by atoms with E-state index in [1.807, 2.05) is 0 Å². The van der Waals surface area contributed by atoms with Crippen molar-refractivity contribution in [1.29, 1.82) is 0 Å². The van der Waals surface area contributed by atoms with Gasteiger partial charge >= 0.3 is 5.63 Å². The summed E-state index contributed by atoms with van der Waals surface area (Å²) >= 11 is 0. The number of benzene rings is 1. The molecule has 2 aromatic rings. The number of hydrogen-bond acceptors (Lipinski definition) is 5. The first-order valence-corrected chi connectivity index (χ1v) is 5.70. The van der Waals surface area contributed by atoms with Gasteiger partial charge in [-0.15, -0.1) is 0 Å². The van der Waals surface area contributed by atoms with E-state index in [0.29, 0.717) is 17.1 Å². The van der Waals surface area contributed by atoms with Crippen molar-refractivity contribution in [3.8, 4) is 5.75 Å². The summed E-state index contributed by atoms with van der Waals surface area (Å²) < 4.78 is 9.92. The van der Waals surface area contributed by atoms with Gasteiger partial charge in [0.2, 0.25) is 0 Å². The highest BCUT2D eigenvalue weighted by atomic mass is 16.6. The van der Waals surface area contributed by atoms with Gasteiger partial charge in [-0.3, -0.25) is 10.1 Å². The first-order chi connectivity index (χ1) is 9.58. The fraction of sp³-hybridized carbons (Fsp3) is 0.0714. The number of hydrogen-bond donors (Lipinski definition) is 0. The Morgan fingerprint density at radius 1 is 1.25 bits per heavy atom. The summed E-state index contributed by atoms with van der Waals surface area (Å²) in [6, 6.07) is 8.90. The normalized spacial score (nSPS) is 10.7. The molecule has 0 unspecified atom stereocenters. The summed E-state index contributed by atoms with van der Waals surface area (Å²) in [6.07, 6.45) is 3.16. The lowest BCUT2D eigenvalue weighted by molar-refractivity contribution is -0.384. The molecule has 0 amide bonds. The van der Waals surface area contributed by atoms with Gasteiger partial charge in [0.05, 0.1) is 18.1 Å². The van der Waals surface area contributed by atoms with E-state index in [2.05, 4.69) is 0 Å². The molecule has 0 N–H and O–H groups in total. The Labute approximate surface area is 114 Å². The Kier molecular flexibility index (Phi) is 3.95. The minimum Gasteiger partial charge on any atom is -0.496 e. The van der Waals surface area contributed by atoms with Gasteiger partial charge in [0, 0.05) is 18.2 Å². The van der Waals surface area contributed by atoms with Crippen molar-refractivity contribution in [2.45, 2.75) is 0 Å². The zero-order valence-electron chi connectivity index (χ0n) is 10.6. The van der Waals surface area contributed by atoms with Gasteiger partial charge in [-0.25, -0.2) is 4.79 Å². The molecule has 0 radical (unpaired) electrons. The zero-order chi connectivity index (χ0) is 14.5. The van der Waals surface area contributed by atoms with Crippen molar-refractivity contribution >= 4 is 17.8 Å². The maximum Gasteiger partial charge on any atom is 0.339 e. The van der Waals surface area contributed by atoms with Gasteiger partial charge in [-0.1, -0.05) is 18.2 Å². The Morgan fingerprint density at radius 3 is 2.75 bits per heavy atom. The summed E-state index contributed by atoms with van der Waals surface area (Å²) in [5.74, 6) is 0.695. The van der Waals surface area contributed by atoms with Crippen LogP contribution in [0.4, 0.5) is 5.69 Å². The lowest BCUT2D eigenvalue weighted by Crippen LogP contribution is -1.98. The van der Waals surface area contributed by atoms with Crippen LogP contribution in [0, 0.1) is 10.1 Å². The standard InChI is InChI=1S/C14H11NO5/c1-19-13-8-12(20-14(16)9-13)6-5-10-3-2-4-11(7-10)15(17)18/h2-9H,1H3/b6-5-. The third kappa shape index (κ3) is 3.32. The molecule has 0 spiro atoms. The smallest absolute Gasteiger partial charge is 0.339 e. The molecule has 0 saturated carbocycles. The van der Waals surface area contributed by atoms with Gasteiger partial charge < -0.3 is 9.15 Å². The maximum absolute atomic E-state index is 11.3. The molecular weight excluding hydrogens is 262 g/mol. The molecule has 1 aromatic carbocycles. The van der Waals surface area contributed by atoms with Crippen molar-refractivity contribution in [3.05, 3.63) is 68.3 Å². The molecule has 6 heteroatoms. The van der Waals surface area contributed by atoms with Gasteiger partial charge in [-0.2, -0.15) is 0 Å². The summed E-state index contributed by atoms with van der Waals surface area (Å²) in [5.41, 5.74) is 0.104. The second-order valence-electron chi connectivity index (χ2n) is 3.90. The number of non-ortho nitro benzene ring substituents is 1. The first-order valence-electron chi connectivity index (χ1n) is 5.70. The SMILES string of the molecule is COc1cc(/C=C\c2cccc([N+](=O)[O-])c2)oc(=O)c1. The molecule has 1 heterocycles. The van der Waals surface area contributed by atoms with Crippen molar-refractivity contribution in [2.24, 2.45) is 0 Å². The molecule has 102 valence electrons. The Bertz CT molecular complexity index is 717. The second-order valence-corrected chi connectivity index (χ2v) is 3.90. The Hall–Kier alpha value is -2.89. The Morgan fingerprint density at radius 2 is 2.05 bits per heavy atom. The number of ether oxygens (including phenoxy) is 1. The minimum atomic E-state index is -0.525. The van der Waals surface area contributed by atoms with E-state index in [0.717, 1.165) is 0 Å². The summed E-state index contributed by atoms with van der Waals surface area (Å²) in [4.78, 5) is 21.4. The highest BCUT2D eigenvalue weighted by molar-refractivity contribution is 5.68. The number of nitrogens with zero attached hydrogens (tertiary/aromatic N) is 1. The van der Waals surface area contributed by atoms with Gasteiger partial charge in [0.25, 0.3) is 5.69 Å². The lowest BCUT2D eigenvalue weighted by atomic mass is 10.2. The van der Waals surface area contributed by atoms with Crippen molar-refractivity contribution in [3.63, 3.8) is 0 Å². The second kappa shape index (κ2) is 5.83. The van der Waals surface area contributed by atoms with Crippen LogP contribution in [0.5, 0.6) is 5.75 Å². The van der Waals surface area contributed by atoms with E-state index in [-0.39, 0.29) is 5.69 Å². The van der Waals surface area contributed by atoms with Crippen molar-refractivity contribution in [1.82, 2.24) is 0 Å². The average molecular weight is 273 g/mol. The minimum absolute atomic E-state index is 0.000699. The van der Waals surface area contributed by atoms with E-state index in [1.165, 1.54) is 25.3 Å². The van der Waals surface area contributed by atoms with Crippen LogP contribution in [0.2, 0.25) is 0 Å². The maximum atomic E-state index is 11.3. The molecule has 0 bridgehead atoms. The number of nitro benzene ring substituents is 1. The van der Waals surface area contributed by atoms with E-state index < -0.39 is 10.5 Å². The zero-order valence-corrected chi connectivity index (χ0v) is 10.6. The van der Waals surface area contributed by atoms with Crippen LogP contribution in [0.3, 0.4) is 0 Å². The van der Waals surface area contributed by atoms with Crippen LogP contribution < -0.4 is 10.4 Å². The quantitative estimate of drug-likeness (QED) is 0.631. The summed E-state index contributed by atoms with van der Waals surface area (Å²) in [7, 11) is 1.45. The third-order valence-electron chi connectivity index (χ3n) is 2.52. The molecule has 20 heavy (non-hydrogen) atoms. The van der Waals surface area contributed by atoms with Crippen LogP contribution >= 0.6 is 0 Å². The van der Waals surface area contributed by atoms with E-state index in [9.17, 15) is 14.9 Å². The van der Waals surface area contributed by atoms with Gasteiger partial charge in [0.1, 0.15) is 11.5 Å². The fourth-order valence-electron chi connectivity index (χ4n) is 1.59. The summed E-state index contributed by atoms with van der Waals surface area (Å²) in [6.45, 7) is 0. The number of methoxy groups -OCH3 is 1. The molecular formula is C14H11NO5. The number of rotatable bonds is 4. The number of nitro groups is 1. The molecule has 0 fully saturated rings. The predicted octanol–water partition coefficient (Wildman–Crippen LogP) is 2.73. The van der Waals surface area contributed by atoms with Gasteiger partial charge in [0.15, 0.2) is 0 Å². The molecule has 0 aliphatic carbocycles. The third-order valence-corrected chi connectivity index (χ3v) is 2.52. The van der Waals surface area contributed by atoms with E-state index >= 15 is 0 Å². The highest BCUT2D eigenvalue weighted by Crippen LogP contribution is 2.16. The molecule has 0 aliphatic heterocycles. The molecule has 1 aromatic heterocycles. The topological polar surface area (TPSA) is 82.6 Å². The summed E-state index contributed by atoms with van der Waals surface area (Å²) in [5, 5.41) is 10.7. The highest BCUT2D eigenvalue weighted by Gasteiger charge is 2.04. The van der Waals surface area contributed by atoms with E-state index in [1.54, 1.807) is 30.4 Å². The molecule has 0 aliphatic rings. The lowest BCUT2D eigenvalue weighted by Gasteiger charge is -1.99. The van der Waals surface area contributed by atoms with Crippen LogP contribution in [0.15, 0.2) is 45.6 Å². The first kappa shape index (κ1) is 13.5. The van der Waals surface area contributed by atoms with Crippen LogP contribution in [-0.4, -0.2) is 12.0 Å². The van der Waals surface area contributed by atoms with Crippen LogP contribution in [0.1, 0.15) is 11.3 Å². The molecule has 0 atom stereocenters. The van der Waals surface area contributed by atoms with Crippen LogP contribution in [0.25, 0.3) is 12.2 Å². The van der Waals surface area contributed by atoms with E-state index in [4.69, 9.17) is 9.15 Å². The van der Waals surface area contributed by atoms with Crippen molar-refractivity contribution < 1.29 is 14.1 Å². The van der Waals surface area contributed by atoms with Gasteiger partial charge in [-0.05, 0) is 11.6 Å². The monoisotopic (exact) mass is 273 g/mol. The fourth-order valence-corrected chi connectivity index (χ4v) is 1.59. The Balaban J connectivity index is 2.29. The van der Waals surface area contributed by atoms with Crippen molar-refractivity contribution in [2.75, 3.05) is 7.11 Å². The van der Waals surface area contributed by atoms with Crippen LogP contribution in [-0.2, 0) is 0 Å². The predicted molar refractivity (Wildman–Crippen MR) is 73.6 cm³/mol. The molecule has 6 nitrogen and oxygen atoms in total. The largest absolute Gasteiger partial charge is 0.496 e. The molecule has 2 rings (SSSR count).